The normalized spacial score (nSPS) is 22.1. The van der Waals surface area contributed by atoms with Gasteiger partial charge in [0, 0.05) is 55.8 Å². The molecule has 0 amide bonds. The summed E-state index contributed by atoms with van der Waals surface area (Å²) in [6.07, 6.45) is 7.84. The summed E-state index contributed by atoms with van der Waals surface area (Å²) >= 11 is 1.85. The summed E-state index contributed by atoms with van der Waals surface area (Å²) in [5, 5.41) is 7.12. The highest BCUT2D eigenvalue weighted by Gasteiger charge is 2.29. The number of methoxy groups -OCH3 is 1. The first-order valence-corrected chi connectivity index (χ1v) is 9.99. The molecule has 0 aromatic carbocycles. The minimum atomic E-state index is 0.392. The standard InChI is InChI=1S/C19H27N3OS/c1-23-14-17-11-21(13-18-7-4-8-24-18)10-16-12-22(20-19(16)17)9-15-5-2-3-6-15/h4,7-8,12,15,17H,2-3,5-6,9-11,13-14H2,1H3/t17-/m1/s1. The first-order chi connectivity index (χ1) is 11.8. The van der Waals surface area contributed by atoms with Crippen LogP contribution in [0.1, 0.15) is 47.7 Å². The maximum absolute atomic E-state index is 5.49. The summed E-state index contributed by atoms with van der Waals surface area (Å²) in [6, 6.07) is 4.37. The fraction of sp³-hybridized carbons (Fsp3) is 0.632. The minimum Gasteiger partial charge on any atom is -0.384 e. The van der Waals surface area contributed by atoms with E-state index in [4.69, 9.17) is 9.84 Å². The predicted molar refractivity (Wildman–Crippen MR) is 97.2 cm³/mol. The average Bonchev–Trinajstić information content (AvgIpc) is 3.29. The summed E-state index contributed by atoms with van der Waals surface area (Å²) in [4.78, 5) is 3.98. The highest BCUT2D eigenvalue weighted by atomic mass is 32.1. The Morgan fingerprint density at radius 1 is 1.33 bits per heavy atom. The van der Waals surface area contributed by atoms with Gasteiger partial charge in [-0.15, -0.1) is 11.3 Å². The number of thiophene rings is 1. The van der Waals surface area contributed by atoms with Gasteiger partial charge in [-0.3, -0.25) is 9.58 Å². The number of fused-ring (bicyclic) bond motifs is 1. The van der Waals surface area contributed by atoms with Gasteiger partial charge in [0.25, 0.3) is 0 Å². The van der Waals surface area contributed by atoms with Gasteiger partial charge in [-0.2, -0.15) is 5.10 Å². The van der Waals surface area contributed by atoms with E-state index in [2.05, 4.69) is 33.3 Å². The predicted octanol–water partition coefficient (Wildman–Crippen LogP) is 3.88. The van der Waals surface area contributed by atoms with E-state index < -0.39 is 0 Å². The van der Waals surface area contributed by atoms with E-state index in [0.29, 0.717) is 5.92 Å². The van der Waals surface area contributed by atoms with Crippen LogP contribution in [0, 0.1) is 5.92 Å². The molecule has 1 fully saturated rings. The van der Waals surface area contributed by atoms with E-state index >= 15 is 0 Å². The van der Waals surface area contributed by atoms with E-state index in [1.807, 2.05) is 11.3 Å². The molecular formula is C19H27N3OS. The van der Waals surface area contributed by atoms with Crippen LogP contribution >= 0.6 is 11.3 Å². The Morgan fingerprint density at radius 3 is 2.96 bits per heavy atom. The van der Waals surface area contributed by atoms with Crippen molar-refractivity contribution in [2.45, 2.75) is 51.2 Å². The lowest BCUT2D eigenvalue weighted by atomic mass is 9.97. The molecule has 0 radical (unpaired) electrons. The second kappa shape index (κ2) is 7.38. The van der Waals surface area contributed by atoms with Gasteiger partial charge >= 0.3 is 0 Å². The molecule has 130 valence electrons. The largest absolute Gasteiger partial charge is 0.384 e. The molecule has 0 bridgehead atoms. The Balaban J connectivity index is 1.50. The SMILES string of the molecule is COC[C@H]1CN(Cc2cccs2)Cc2cn(CC3CCCC3)nc21. The number of rotatable bonds is 6. The van der Waals surface area contributed by atoms with E-state index in [1.165, 1.54) is 41.8 Å². The van der Waals surface area contributed by atoms with Gasteiger partial charge in [0.05, 0.1) is 12.3 Å². The monoisotopic (exact) mass is 345 g/mol. The van der Waals surface area contributed by atoms with Crippen molar-refractivity contribution in [2.75, 3.05) is 20.3 Å². The number of ether oxygens (including phenoxy) is 1. The van der Waals surface area contributed by atoms with Crippen molar-refractivity contribution in [1.82, 2.24) is 14.7 Å². The van der Waals surface area contributed by atoms with Gasteiger partial charge in [-0.05, 0) is 30.2 Å². The molecule has 2 aromatic rings. The molecule has 24 heavy (non-hydrogen) atoms. The van der Waals surface area contributed by atoms with Crippen LogP contribution in [0.15, 0.2) is 23.7 Å². The minimum absolute atomic E-state index is 0.392. The molecule has 1 saturated carbocycles. The second-order valence-corrected chi connectivity index (χ2v) is 8.35. The van der Waals surface area contributed by atoms with Gasteiger partial charge in [0.15, 0.2) is 0 Å². The molecule has 1 aliphatic carbocycles. The highest BCUT2D eigenvalue weighted by Crippen LogP contribution is 2.31. The quantitative estimate of drug-likeness (QED) is 0.796. The Labute approximate surface area is 148 Å². The number of aromatic nitrogens is 2. The van der Waals surface area contributed by atoms with Gasteiger partial charge in [0.2, 0.25) is 0 Å². The molecule has 0 spiro atoms. The van der Waals surface area contributed by atoms with E-state index in [9.17, 15) is 0 Å². The van der Waals surface area contributed by atoms with Crippen molar-refractivity contribution in [1.29, 1.82) is 0 Å². The van der Waals surface area contributed by atoms with Crippen molar-refractivity contribution in [3.63, 3.8) is 0 Å². The van der Waals surface area contributed by atoms with Crippen molar-refractivity contribution in [3.05, 3.63) is 39.8 Å². The molecule has 1 aliphatic heterocycles. The van der Waals surface area contributed by atoms with E-state index in [0.717, 1.165) is 38.7 Å². The van der Waals surface area contributed by atoms with Crippen molar-refractivity contribution in [3.8, 4) is 0 Å². The fourth-order valence-electron chi connectivity index (χ4n) is 4.27. The van der Waals surface area contributed by atoms with Crippen LogP contribution in [0.2, 0.25) is 0 Å². The van der Waals surface area contributed by atoms with E-state index in [1.54, 1.807) is 7.11 Å². The number of nitrogens with zero attached hydrogens (tertiary/aromatic N) is 3. The lowest BCUT2D eigenvalue weighted by Crippen LogP contribution is -2.34. The summed E-state index contributed by atoms with van der Waals surface area (Å²) < 4.78 is 7.71. The summed E-state index contributed by atoms with van der Waals surface area (Å²) in [6.45, 7) is 4.94. The van der Waals surface area contributed by atoms with Crippen molar-refractivity contribution in [2.24, 2.45) is 5.92 Å². The van der Waals surface area contributed by atoms with Crippen LogP contribution in [0.3, 0.4) is 0 Å². The van der Waals surface area contributed by atoms with Crippen LogP contribution in [0.25, 0.3) is 0 Å². The lowest BCUT2D eigenvalue weighted by molar-refractivity contribution is 0.135. The van der Waals surface area contributed by atoms with Gasteiger partial charge < -0.3 is 4.74 Å². The second-order valence-electron chi connectivity index (χ2n) is 7.31. The summed E-state index contributed by atoms with van der Waals surface area (Å²) in [5.41, 5.74) is 2.68. The fourth-order valence-corrected chi connectivity index (χ4v) is 5.02. The van der Waals surface area contributed by atoms with Crippen LogP contribution < -0.4 is 0 Å². The Bertz CT molecular complexity index is 646. The van der Waals surface area contributed by atoms with Crippen LogP contribution in [0.4, 0.5) is 0 Å². The third-order valence-electron chi connectivity index (χ3n) is 5.38. The third kappa shape index (κ3) is 3.58. The summed E-state index contributed by atoms with van der Waals surface area (Å²) in [7, 11) is 1.80. The molecule has 1 atom stereocenters. The average molecular weight is 346 g/mol. The van der Waals surface area contributed by atoms with Crippen LogP contribution in [-0.4, -0.2) is 34.9 Å². The zero-order valence-electron chi connectivity index (χ0n) is 14.5. The maximum Gasteiger partial charge on any atom is 0.0736 e. The van der Waals surface area contributed by atoms with Crippen molar-refractivity contribution < 1.29 is 4.74 Å². The Morgan fingerprint density at radius 2 is 2.21 bits per heavy atom. The first-order valence-electron chi connectivity index (χ1n) is 9.11. The van der Waals surface area contributed by atoms with E-state index in [-0.39, 0.29) is 0 Å². The Kier molecular flexibility index (Phi) is 5.01. The summed E-state index contributed by atoms with van der Waals surface area (Å²) in [5.74, 6) is 1.22. The van der Waals surface area contributed by atoms with Gasteiger partial charge in [-0.1, -0.05) is 18.9 Å². The molecule has 2 aromatic heterocycles. The van der Waals surface area contributed by atoms with Crippen molar-refractivity contribution >= 4 is 11.3 Å². The molecule has 0 saturated heterocycles. The zero-order valence-corrected chi connectivity index (χ0v) is 15.3. The highest BCUT2D eigenvalue weighted by molar-refractivity contribution is 7.09. The Hall–Kier alpha value is -1.17. The zero-order chi connectivity index (χ0) is 16.4. The molecular weight excluding hydrogens is 318 g/mol. The maximum atomic E-state index is 5.49. The third-order valence-corrected chi connectivity index (χ3v) is 6.24. The molecule has 3 heterocycles. The van der Waals surface area contributed by atoms with Gasteiger partial charge in [-0.25, -0.2) is 0 Å². The lowest BCUT2D eigenvalue weighted by Gasteiger charge is -2.31. The molecule has 4 rings (SSSR count). The molecule has 0 N–H and O–H groups in total. The van der Waals surface area contributed by atoms with Gasteiger partial charge in [0.1, 0.15) is 0 Å². The number of hydrogen-bond acceptors (Lipinski definition) is 4. The van der Waals surface area contributed by atoms with Crippen LogP contribution in [0.5, 0.6) is 0 Å². The van der Waals surface area contributed by atoms with Crippen LogP contribution in [-0.2, 0) is 24.4 Å². The topological polar surface area (TPSA) is 30.3 Å². The molecule has 2 aliphatic rings. The smallest absolute Gasteiger partial charge is 0.0736 e. The molecule has 4 nitrogen and oxygen atoms in total. The number of hydrogen-bond donors (Lipinski definition) is 0. The first kappa shape index (κ1) is 16.3. The molecule has 0 unspecified atom stereocenters. The molecule has 5 heteroatoms.